The molecule has 1 aliphatic rings. The second-order valence-electron chi connectivity index (χ2n) is 11.6. The number of fused-ring (bicyclic) bond motifs is 1. The fourth-order valence-corrected chi connectivity index (χ4v) is 6.64. The van der Waals surface area contributed by atoms with E-state index in [1.807, 2.05) is 5.38 Å². The molecule has 11 heteroatoms. The van der Waals surface area contributed by atoms with E-state index in [1.54, 1.807) is 75.7 Å². The van der Waals surface area contributed by atoms with Crippen molar-refractivity contribution < 1.29 is 27.5 Å². The fraction of sp³-hybridized carbons (Fsp3) is 0.323. The Bertz CT molecular complexity index is 1750. The summed E-state index contributed by atoms with van der Waals surface area (Å²) in [5, 5.41) is 2.45. The van der Waals surface area contributed by atoms with Crippen LogP contribution in [-0.2, 0) is 32.7 Å². The SMILES string of the molecule is C=Cc1cc2cc(CN(C(=O)OC(C)(C)C)C(=O)C3(C)CC3)n(S(=O)(=O)c3ccccc3)c2cc1OCc1cscn1. The van der Waals surface area contributed by atoms with E-state index in [2.05, 4.69) is 11.6 Å². The molecular formula is C31H33N3O6S2. The molecular weight excluding hydrogens is 574 g/mol. The van der Waals surface area contributed by atoms with E-state index < -0.39 is 33.0 Å². The third kappa shape index (κ3) is 5.98. The first-order chi connectivity index (χ1) is 19.8. The van der Waals surface area contributed by atoms with Gasteiger partial charge in [-0.1, -0.05) is 37.8 Å². The van der Waals surface area contributed by atoms with Crippen LogP contribution in [0.15, 0.2) is 70.9 Å². The van der Waals surface area contributed by atoms with Gasteiger partial charge in [0.15, 0.2) is 0 Å². The molecule has 0 radical (unpaired) electrons. The van der Waals surface area contributed by atoms with E-state index in [1.165, 1.54) is 27.4 Å². The Morgan fingerprint density at radius 1 is 1.17 bits per heavy atom. The van der Waals surface area contributed by atoms with Crippen LogP contribution < -0.4 is 4.74 Å². The quantitative estimate of drug-likeness (QED) is 0.210. The van der Waals surface area contributed by atoms with Gasteiger partial charge >= 0.3 is 6.09 Å². The highest BCUT2D eigenvalue weighted by Crippen LogP contribution is 2.47. The molecule has 1 aliphatic carbocycles. The zero-order chi connectivity index (χ0) is 30.3. The predicted molar refractivity (Wildman–Crippen MR) is 162 cm³/mol. The van der Waals surface area contributed by atoms with Crippen molar-refractivity contribution in [1.82, 2.24) is 13.9 Å². The lowest BCUT2D eigenvalue weighted by atomic mass is 10.1. The first-order valence-corrected chi connectivity index (χ1v) is 15.9. The van der Waals surface area contributed by atoms with Crippen molar-refractivity contribution in [3.63, 3.8) is 0 Å². The summed E-state index contributed by atoms with van der Waals surface area (Å²) >= 11 is 1.45. The molecule has 2 amide bonds. The summed E-state index contributed by atoms with van der Waals surface area (Å²) in [6.45, 7) is 10.7. The van der Waals surface area contributed by atoms with E-state index in [0.717, 1.165) is 10.6 Å². The minimum Gasteiger partial charge on any atom is -0.487 e. The largest absolute Gasteiger partial charge is 0.487 e. The number of nitrogens with zero attached hydrogens (tertiary/aromatic N) is 3. The van der Waals surface area contributed by atoms with Gasteiger partial charge in [-0.05, 0) is 57.9 Å². The number of rotatable bonds is 9. The topological polar surface area (TPSA) is 108 Å². The summed E-state index contributed by atoms with van der Waals surface area (Å²) in [6, 6.07) is 13.1. The summed E-state index contributed by atoms with van der Waals surface area (Å²) in [7, 11) is -4.16. The lowest BCUT2D eigenvalue weighted by molar-refractivity contribution is -0.136. The van der Waals surface area contributed by atoms with Crippen molar-refractivity contribution in [2.24, 2.45) is 5.41 Å². The van der Waals surface area contributed by atoms with Gasteiger partial charge < -0.3 is 9.47 Å². The molecule has 0 spiro atoms. The maximum atomic E-state index is 14.2. The molecule has 2 aromatic carbocycles. The van der Waals surface area contributed by atoms with Crippen molar-refractivity contribution in [2.45, 2.75) is 64.2 Å². The second-order valence-corrected chi connectivity index (χ2v) is 14.1. The Labute approximate surface area is 249 Å². The lowest BCUT2D eigenvalue weighted by Crippen LogP contribution is -2.43. The van der Waals surface area contributed by atoms with Gasteiger partial charge in [0.1, 0.15) is 18.0 Å². The molecule has 0 saturated heterocycles. The van der Waals surface area contributed by atoms with Gasteiger partial charge in [-0.3, -0.25) is 4.79 Å². The van der Waals surface area contributed by atoms with E-state index in [-0.39, 0.29) is 23.7 Å². The predicted octanol–water partition coefficient (Wildman–Crippen LogP) is 6.62. The second kappa shape index (κ2) is 11.0. The molecule has 2 heterocycles. The van der Waals surface area contributed by atoms with Crippen LogP contribution in [0.3, 0.4) is 0 Å². The number of imide groups is 1. The zero-order valence-corrected chi connectivity index (χ0v) is 25.6. The van der Waals surface area contributed by atoms with Crippen molar-refractivity contribution in [3.05, 3.63) is 83.0 Å². The third-order valence-electron chi connectivity index (χ3n) is 7.02. The molecule has 1 saturated carbocycles. The number of benzene rings is 2. The minimum atomic E-state index is -4.16. The van der Waals surface area contributed by atoms with Crippen LogP contribution in [0.5, 0.6) is 5.75 Å². The van der Waals surface area contributed by atoms with Gasteiger partial charge in [-0.15, -0.1) is 11.3 Å². The Morgan fingerprint density at radius 2 is 1.88 bits per heavy atom. The van der Waals surface area contributed by atoms with Crippen LogP contribution in [0.2, 0.25) is 0 Å². The molecule has 0 atom stereocenters. The molecule has 2 aromatic heterocycles. The third-order valence-corrected chi connectivity index (χ3v) is 9.43. The number of thiazole rings is 1. The molecule has 5 rings (SSSR count). The summed E-state index contributed by atoms with van der Waals surface area (Å²) in [4.78, 5) is 32.3. The molecule has 0 bridgehead atoms. The number of ether oxygens (including phenoxy) is 2. The van der Waals surface area contributed by atoms with Crippen LogP contribution in [0.1, 0.15) is 57.5 Å². The summed E-state index contributed by atoms with van der Waals surface area (Å²) in [5.74, 6) is 0.0231. The lowest BCUT2D eigenvalue weighted by Gasteiger charge is -2.28. The summed E-state index contributed by atoms with van der Waals surface area (Å²) in [6.07, 6.45) is 2.08. The van der Waals surface area contributed by atoms with Crippen LogP contribution >= 0.6 is 11.3 Å². The van der Waals surface area contributed by atoms with E-state index in [4.69, 9.17) is 9.47 Å². The molecule has 1 fully saturated rings. The molecule has 0 unspecified atom stereocenters. The standard InChI is InChI=1S/C31H33N3O6S2/c1-6-21-14-22-15-24(17-33(28(35)31(5)12-13-31)29(36)40-30(2,3)4)34(42(37,38)25-10-8-7-9-11-25)26(22)16-27(21)39-18-23-19-41-20-32-23/h6-11,14-16,19-20H,1,12-13,17-18H2,2-5H3. The van der Waals surface area contributed by atoms with Crippen LogP contribution in [0, 0.1) is 5.41 Å². The highest BCUT2D eigenvalue weighted by atomic mass is 32.2. The average molecular weight is 608 g/mol. The zero-order valence-electron chi connectivity index (χ0n) is 24.0. The Balaban J connectivity index is 1.66. The number of hydrogen-bond donors (Lipinski definition) is 0. The van der Waals surface area contributed by atoms with E-state index in [0.29, 0.717) is 35.1 Å². The number of hydrogen-bond acceptors (Lipinski definition) is 8. The number of carbonyl (C=O) groups excluding carboxylic acids is 2. The van der Waals surface area contributed by atoms with Crippen LogP contribution in [-0.4, -0.2) is 39.9 Å². The minimum absolute atomic E-state index is 0.0609. The number of carbonyl (C=O) groups is 2. The van der Waals surface area contributed by atoms with Gasteiger partial charge in [0.05, 0.1) is 33.9 Å². The van der Waals surface area contributed by atoms with Gasteiger partial charge in [0.25, 0.3) is 10.0 Å². The molecule has 0 aliphatic heterocycles. The Morgan fingerprint density at radius 3 is 2.48 bits per heavy atom. The monoisotopic (exact) mass is 607 g/mol. The van der Waals surface area contributed by atoms with Crippen molar-refractivity contribution in [1.29, 1.82) is 0 Å². The Hall–Kier alpha value is -3.96. The smallest absolute Gasteiger partial charge is 0.417 e. The number of aromatic nitrogens is 2. The molecule has 4 aromatic rings. The van der Waals surface area contributed by atoms with Gasteiger partial charge in [-0.25, -0.2) is 27.1 Å². The maximum Gasteiger partial charge on any atom is 0.417 e. The fourth-order valence-electron chi connectivity index (χ4n) is 4.55. The van der Waals surface area contributed by atoms with E-state index in [9.17, 15) is 18.0 Å². The van der Waals surface area contributed by atoms with Crippen molar-refractivity contribution in [2.75, 3.05) is 0 Å². The number of amides is 2. The summed E-state index contributed by atoms with van der Waals surface area (Å²) in [5.41, 5.74) is 2.11. The summed E-state index contributed by atoms with van der Waals surface area (Å²) < 4.78 is 41.2. The normalized spacial score (nSPS) is 14.4. The molecule has 220 valence electrons. The molecule has 0 N–H and O–H groups in total. The highest BCUT2D eigenvalue weighted by Gasteiger charge is 2.49. The highest BCUT2D eigenvalue weighted by molar-refractivity contribution is 7.90. The van der Waals surface area contributed by atoms with Crippen LogP contribution in [0.25, 0.3) is 17.0 Å². The first-order valence-electron chi connectivity index (χ1n) is 13.5. The van der Waals surface area contributed by atoms with Crippen LogP contribution in [0.4, 0.5) is 4.79 Å². The van der Waals surface area contributed by atoms with E-state index >= 15 is 0 Å². The first kappa shape index (κ1) is 29.5. The van der Waals surface area contributed by atoms with Crippen molar-refractivity contribution >= 4 is 50.3 Å². The maximum absolute atomic E-state index is 14.2. The van der Waals surface area contributed by atoms with Gasteiger partial charge in [-0.2, -0.15) is 0 Å². The average Bonchev–Trinajstić information content (AvgIpc) is 3.32. The van der Waals surface area contributed by atoms with Crippen molar-refractivity contribution in [3.8, 4) is 5.75 Å². The van der Waals surface area contributed by atoms with Gasteiger partial charge in [0.2, 0.25) is 5.91 Å². The Kier molecular flexibility index (Phi) is 7.76. The molecule has 42 heavy (non-hydrogen) atoms. The van der Waals surface area contributed by atoms with Gasteiger partial charge in [0, 0.05) is 27.8 Å². The molecule has 9 nitrogen and oxygen atoms in total.